The van der Waals surface area contributed by atoms with Crippen molar-refractivity contribution in [1.29, 1.82) is 0 Å². The molecule has 32 heavy (non-hydrogen) atoms. The Hall–Kier alpha value is -3.68. The number of para-hydroxylation sites is 1. The maximum Gasteiger partial charge on any atom is 0.410 e. The van der Waals surface area contributed by atoms with Crippen molar-refractivity contribution in [2.75, 3.05) is 31.1 Å². The third-order valence-electron chi connectivity index (χ3n) is 5.39. The molecule has 4 rings (SSSR count). The van der Waals surface area contributed by atoms with Crippen LogP contribution in [0.2, 0.25) is 0 Å². The predicted molar refractivity (Wildman–Crippen MR) is 118 cm³/mol. The predicted octanol–water partition coefficient (Wildman–Crippen LogP) is 3.18. The van der Waals surface area contributed by atoms with Gasteiger partial charge in [-0.2, -0.15) is 0 Å². The van der Waals surface area contributed by atoms with Gasteiger partial charge < -0.3 is 14.5 Å². The van der Waals surface area contributed by atoms with E-state index in [4.69, 9.17) is 4.74 Å². The van der Waals surface area contributed by atoms with Crippen molar-refractivity contribution in [2.24, 2.45) is 0 Å². The average molecular weight is 435 g/mol. The molecule has 4 amide bonds. The zero-order valence-corrected chi connectivity index (χ0v) is 18.3. The van der Waals surface area contributed by atoms with Gasteiger partial charge in [-0.15, -0.1) is 0 Å². The van der Waals surface area contributed by atoms with E-state index in [1.807, 2.05) is 0 Å². The standard InChI is InChI=1S/C24H25N3O5/c1-24(2,3)32-23(31)26-14-12-25(13-15-26)20(28)18-10-6-7-11-19(18)27-21(29)16-8-4-5-9-17(16)22(27)30/h4-11H,12-15H2,1-3H3. The molecule has 1 fully saturated rings. The highest BCUT2D eigenvalue weighted by Gasteiger charge is 2.38. The first-order valence-electron chi connectivity index (χ1n) is 10.5. The van der Waals surface area contributed by atoms with Crippen LogP contribution >= 0.6 is 0 Å². The Labute approximate surface area is 186 Å². The number of carbonyl (C=O) groups is 4. The van der Waals surface area contributed by atoms with Crippen molar-refractivity contribution in [1.82, 2.24) is 9.80 Å². The third-order valence-corrected chi connectivity index (χ3v) is 5.39. The molecule has 0 aromatic heterocycles. The zero-order valence-electron chi connectivity index (χ0n) is 18.3. The quantitative estimate of drug-likeness (QED) is 0.676. The number of benzene rings is 2. The van der Waals surface area contributed by atoms with Crippen LogP contribution in [0.4, 0.5) is 10.5 Å². The second-order valence-corrected chi connectivity index (χ2v) is 8.77. The molecular weight excluding hydrogens is 410 g/mol. The molecule has 0 bridgehead atoms. The van der Waals surface area contributed by atoms with E-state index in [0.717, 1.165) is 4.90 Å². The number of ether oxygens (including phenoxy) is 1. The van der Waals surface area contributed by atoms with Crippen molar-refractivity contribution in [2.45, 2.75) is 26.4 Å². The van der Waals surface area contributed by atoms with Gasteiger partial charge in [0.1, 0.15) is 5.60 Å². The van der Waals surface area contributed by atoms with Crippen LogP contribution in [0.1, 0.15) is 51.8 Å². The van der Waals surface area contributed by atoms with Crippen molar-refractivity contribution < 1.29 is 23.9 Å². The lowest BCUT2D eigenvalue weighted by Gasteiger charge is -2.36. The van der Waals surface area contributed by atoms with E-state index in [-0.39, 0.29) is 17.2 Å². The molecule has 0 spiro atoms. The van der Waals surface area contributed by atoms with E-state index in [2.05, 4.69) is 0 Å². The Kier molecular flexibility index (Phi) is 5.46. The minimum atomic E-state index is -0.588. The number of nitrogens with zero attached hydrogens (tertiary/aromatic N) is 3. The molecule has 0 radical (unpaired) electrons. The van der Waals surface area contributed by atoms with Gasteiger partial charge >= 0.3 is 6.09 Å². The van der Waals surface area contributed by atoms with Crippen LogP contribution in [0.5, 0.6) is 0 Å². The van der Waals surface area contributed by atoms with Gasteiger partial charge in [-0.05, 0) is 45.0 Å². The lowest BCUT2D eigenvalue weighted by Crippen LogP contribution is -2.51. The van der Waals surface area contributed by atoms with Crippen LogP contribution in [0.25, 0.3) is 0 Å². The van der Waals surface area contributed by atoms with E-state index >= 15 is 0 Å². The molecule has 2 aliphatic rings. The summed E-state index contributed by atoms with van der Waals surface area (Å²) in [6.07, 6.45) is -0.406. The number of imide groups is 1. The van der Waals surface area contributed by atoms with Crippen LogP contribution in [0.15, 0.2) is 48.5 Å². The zero-order chi connectivity index (χ0) is 23.0. The molecule has 1 saturated heterocycles. The highest BCUT2D eigenvalue weighted by atomic mass is 16.6. The molecule has 0 unspecified atom stereocenters. The summed E-state index contributed by atoms with van der Waals surface area (Å²) >= 11 is 0. The number of anilines is 1. The molecule has 2 heterocycles. The van der Waals surface area contributed by atoms with Gasteiger partial charge in [-0.25, -0.2) is 9.69 Å². The molecular formula is C24H25N3O5. The Bertz CT molecular complexity index is 1060. The number of carbonyl (C=O) groups excluding carboxylic acids is 4. The highest BCUT2D eigenvalue weighted by Crippen LogP contribution is 2.31. The fourth-order valence-corrected chi connectivity index (χ4v) is 3.85. The van der Waals surface area contributed by atoms with E-state index in [0.29, 0.717) is 37.3 Å². The summed E-state index contributed by atoms with van der Waals surface area (Å²) in [5, 5.41) is 0. The van der Waals surface area contributed by atoms with E-state index in [1.165, 1.54) is 0 Å². The van der Waals surface area contributed by atoms with Crippen LogP contribution < -0.4 is 4.90 Å². The number of hydrogen-bond donors (Lipinski definition) is 0. The van der Waals surface area contributed by atoms with Gasteiger partial charge in [0.2, 0.25) is 0 Å². The van der Waals surface area contributed by atoms with Crippen LogP contribution in [-0.2, 0) is 4.74 Å². The summed E-state index contributed by atoms with van der Waals surface area (Å²) in [5.41, 5.74) is 0.595. The molecule has 0 N–H and O–H groups in total. The highest BCUT2D eigenvalue weighted by molar-refractivity contribution is 6.35. The van der Waals surface area contributed by atoms with Gasteiger partial charge in [-0.3, -0.25) is 14.4 Å². The fraction of sp³-hybridized carbons (Fsp3) is 0.333. The molecule has 2 aliphatic heterocycles. The Morgan fingerprint density at radius 2 is 1.28 bits per heavy atom. The van der Waals surface area contributed by atoms with Gasteiger partial charge in [0, 0.05) is 26.2 Å². The molecule has 8 heteroatoms. The molecule has 2 aromatic carbocycles. The summed E-state index contributed by atoms with van der Waals surface area (Å²) in [6.45, 7) is 6.76. The monoisotopic (exact) mass is 435 g/mol. The normalized spacial score (nSPS) is 16.3. The molecule has 0 saturated carbocycles. The number of hydrogen-bond acceptors (Lipinski definition) is 5. The summed E-state index contributed by atoms with van der Waals surface area (Å²) in [7, 11) is 0. The van der Waals surface area contributed by atoms with Gasteiger partial charge in [0.05, 0.1) is 22.4 Å². The van der Waals surface area contributed by atoms with Gasteiger partial charge in [0.25, 0.3) is 17.7 Å². The summed E-state index contributed by atoms with van der Waals surface area (Å²) < 4.78 is 5.40. The first-order valence-corrected chi connectivity index (χ1v) is 10.5. The Balaban J connectivity index is 1.52. The summed E-state index contributed by atoms with van der Waals surface area (Å²) in [5.74, 6) is -1.18. The second-order valence-electron chi connectivity index (χ2n) is 8.77. The molecule has 0 atom stereocenters. The summed E-state index contributed by atoms with van der Waals surface area (Å²) in [4.78, 5) is 55.7. The first-order chi connectivity index (χ1) is 15.2. The average Bonchev–Trinajstić information content (AvgIpc) is 3.02. The van der Waals surface area contributed by atoms with Crippen molar-refractivity contribution in [3.05, 3.63) is 65.2 Å². The topological polar surface area (TPSA) is 87.2 Å². The largest absolute Gasteiger partial charge is 0.444 e. The maximum atomic E-state index is 13.3. The second kappa shape index (κ2) is 8.11. The van der Waals surface area contributed by atoms with Gasteiger partial charge in [0.15, 0.2) is 0 Å². The molecule has 2 aromatic rings. The Morgan fingerprint density at radius 1 is 0.781 bits per heavy atom. The maximum absolute atomic E-state index is 13.3. The van der Waals surface area contributed by atoms with E-state index in [1.54, 1.807) is 79.1 Å². The van der Waals surface area contributed by atoms with E-state index in [9.17, 15) is 19.2 Å². The molecule has 0 aliphatic carbocycles. The van der Waals surface area contributed by atoms with Crippen molar-refractivity contribution in [3.63, 3.8) is 0 Å². The van der Waals surface area contributed by atoms with Crippen LogP contribution in [0.3, 0.4) is 0 Å². The first kappa shape index (κ1) is 21.5. The number of rotatable bonds is 2. The minimum Gasteiger partial charge on any atom is -0.444 e. The van der Waals surface area contributed by atoms with Crippen molar-refractivity contribution >= 4 is 29.5 Å². The van der Waals surface area contributed by atoms with Crippen LogP contribution in [-0.4, -0.2) is 65.4 Å². The lowest BCUT2D eigenvalue weighted by atomic mass is 10.1. The van der Waals surface area contributed by atoms with Crippen molar-refractivity contribution in [3.8, 4) is 0 Å². The molecule has 166 valence electrons. The fourth-order valence-electron chi connectivity index (χ4n) is 3.85. The number of amides is 4. The number of piperazine rings is 1. The number of fused-ring (bicyclic) bond motifs is 1. The Morgan fingerprint density at radius 3 is 1.84 bits per heavy atom. The van der Waals surface area contributed by atoms with Crippen LogP contribution in [0, 0.1) is 0 Å². The SMILES string of the molecule is CC(C)(C)OC(=O)N1CCN(C(=O)c2ccccc2N2C(=O)c3ccccc3C2=O)CC1. The third kappa shape index (κ3) is 3.95. The summed E-state index contributed by atoms with van der Waals surface area (Å²) in [6, 6.07) is 13.2. The smallest absolute Gasteiger partial charge is 0.410 e. The lowest BCUT2D eigenvalue weighted by molar-refractivity contribution is 0.0140. The van der Waals surface area contributed by atoms with Gasteiger partial charge in [-0.1, -0.05) is 24.3 Å². The molecule has 8 nitrogen and oxygen atoms in total. The minimum absolute atomic E-state index is 0.262. The van der Waals surface area contributed by atoms with E-state index < -0.39 is 23.5 Å².